The van der Waals surface area contributed by atoms with E-state index in [4.69, 9.17) is 4.74 Å². The van der Waals surface area contributed by atoms with E-state index in [1.54, 1.807) is 48.5 Å². The molecule has 0 aromatic heterocycles. The van der Waals surface area contributed by atoms with Gasteiger partial charge >= 0.3 is 5.97 Å². The maximum absolute atomic E-state index is 14.7. The van der Waals surface area contributed by atoms with Crippen LogP contribution >= 0.6 is 0 Å². The Labute approximate surface area is 168 Å². The molecule has 0 aliphatic carbocycles. The molecule has 0 fully saturated rings. The monoisotopic (exact) mass is 416 g/mol. The summed E-state index contributed by atoms with van der Waals surface area (Å²) in [5.74, 6) is -1.35. The number of benzene rings is 1. The molecule has 0 amide bonds. The van der Waals surface area contributed by atoms with E-state index in [2.05, 4.69) is 4.72 Å². The summed E-state index contributed by atoms with van der Waals surface area (Å²) >= 11 is -1.67. The predicted molar refractivity (Wildman–Crippen MR) is 107 cm³/mol. The van der Waals surface area contributed by atoms with Gasteiger partial charge in [0.2, 0.25) is 0 Å². The Hall–Kier alpha value is -1.71. The predicted octanol–water partition coefficient (Wildman–Crippen LogP) is 4.12. The maximum atomic E-state index is 14.7. The van der Waals surface area contributed by atoms with Gasteiger partial charge in [-0.2, -0.15) is 0 Å². The van der Waals surface area contributed by atoms with Crippen LogP contribution in [0.1, 0.15) is 66.9 Å². The number of nitro groups is 1. The van der Waals surface area contributed by atoms with Crippen LogP contribution in [-0.2, 0) is 26.4 Å². The van der Waals surface area contributed by atoms with Gasteiger partial charge in [0.05, 0.1) is 11.3 Å². The van der Waals surface area contributed by atoms with Crippen LogP contribution in [0, 0.1) is 15.9 Å². The minimum absolute atomic E-state index is 0.0901. The van der Waals surface area contributed by atoms with Crippen molar-refractivity contribution in [3.8, 4) is 0 Å². The second-order valence-electron chi connectivity index (χ2n) is 8.60. The van der Waals surface area contributed by atoms with E-state index in [0.717, 1.165) is 18.2 Å². The van der Waals surface area contributed by atoms with Crippen molar-refractivity contribution >= 4 is 23.0 Å². The first-order chi connectivity index (χ1) is 12.6. The number of esters is 1. The van der Waals surface area contributed by atoms with Crippen LogP contribution in [0.5, 0.6) is 0 Å². The molecule has 1 rings (SSSR count). The third kappa shape index (κ3) is 6.42. The lowest BCUT2D eigenvalue weighted by molar-refractivity contribution is -0.385. The lowest BCUT2D eigenvalue weighted by Gasteiger charge is -2.37. The largest absolute Gasteiger partial charge is 0.598 e. The summed E-state index contributed by atoms with van der Waals surface area (Å²) in [5, 5.41) is 11.2. The van der Waals surface area contributed by atoms with Crippen LogP contribution in [0.3, 0.4) is 0 Å². The van der Waals surface area contributed by atoms with Crippen LogP contribution in [0.15, 0.2) is 18.2 Å². The summed E-state index contributed by atoms with van der Waals surface area (Å²) in [7, 11) is 0. The van der Waals surface area contributed by atoms with Crippen LogP contribution in [0.2, 0.25) is 0 Å². The highest BCUT2D eigenvalue weighted by atomic mass is 32.2. The summed E-state index contributed by atoms with van der Waals surface area (Å²) in [5.41, 5.74) is -2.60. The average molecular weight is 417 g/mol. The summed E-state index contributed by atoms with van der Waals surface area (Å²) in [4.78, 5) is 23.1. The average Bonchev–Trinajstić information content (AvgIpc) is 2.51. The van der Waals surface area contributed by atoms with Crippen LogP contribution in [0.4, 0.5) is 10.1 Å². The zero-order valence-corrected chi connectivity index (χ0v) is 18.2. The van der Waals surface area contributed by atoms with E-state index in [9.17, 15) is 23.9 Å². The molecule has 0 aliphatic rings. The van der Waals surface area contributed by atoms with Crippen molar-refractivity contribution in [1.29, 1.82) is 0 Å². The minimum Gasteiger partial charge on any atom is -0.598 e. The van der Waals surface area contributed by atoms with Gasteiger partial charge < -0.3 is 9.29 Å². The highest BCUT2D eigenvalue weighted by Crippen LogP contribution is 2.36. The van der Waals surface area contributed by atoms with E-state index in [0.29, 0.717) is 0 Å². The van der Waals surface area contributed by atoms with Crippen molar-refractivity contribution < 1.29 is 23.4 Å². The molecule has 2 unspecified atom stereocenters. The molecule has 2 atom stereocenters. The van der Waals surface area contributed by atoms with Gasteiger partial charge in [-0.15, -0.1) is 4.72 Å². The first kappa shape index (κ1) is 24.3. The molecule has 7 nitrogen and oxygen atoms in total. The number of ether oxygens (including phenoxy) is 1. The first-order valence-electron chi connectivity index (χ1n) is 8.97. The molecule has 1 N–H and O–H groups in total. The number of nitrogens with zero attached hydrogens (tertiary/aromatic N) is 1. The standard InChI is InChI=1S/C19H29FN2O5S/c1-8-19(21-28(26)18(5,6)7,12-16(23)27-17(2,3)4)14-11-13(22(24)25)9-10-15(14)20/h9-11,21H,8,12H2,1-7H3. The van der Waals surface area contributed by atoms with Gasteiger partial charge in [-0.25, -0.2) is 4.39 Å². The SMILES string of the molecule is CCC(CC(=O)OC(C)(C)C)(N[S+]([O-])C(C)(C)C)c1cc([N+](=O)[O-])ccc1F. The van der Waals surface area contributed by atoms with Gasteiger partial charge in [0, 0.05) is 29.1 Å². The molecule has 0 radical (unpaired) electrons. The fourth-order valence-corrected chi connectivity index (χ4v) is 3.51. The number of hydrogen-bond acceptors (Lipinski definition) is 6. The van der Waals surface area contributed by atoms with Gasteiger partial charge in [0.15, 0.2) is 0 Å². The minimum atomic E-state index is -1.67. The van der Waals surface area contributed by atoms with E-state index < -0.39 is 44.0 Å². The molecule has 1 aromatic rings. The fourth-order valence-electron chi connectivity index (χ4n) is 2.52. The molecule has 0 aliphatic heterocycles. The molecule has 9 heteroatoms. The van der Waals surface area contributed by atoms with Crippen molar-refractivity contribution in [3.05, 3.63) is 39.7 Å². The Morgan fingerprint density at radius 3 is 2.25 bits per heavy atom. The number of rotatable bonds is 7. The normalized spacial score (nSPS) is 15.6. The summed E-state index contributed by atoms with van der Waals surface area (Å²) in [6.45, 7) is 12.0. The van der Waals surface area contributed by atoms with Gasteiger partial charge in [-0.3, -0.25) is 14.9 Å². The molecular formula is C19H29FN2O5S. The number of nitro benzene ring substituents is 1. The number of non-ortho nitro benzene ring substituents is 1. The maximum Gasteiger partial charge on any atom is 0.308 e. The number of halogens is 1. The lowest BCUT2D eigenvalue weighted by atomic mass is 9.84. The van der Waals surface area contributed by atoms with Crippen LogP contribution < -0.4 is 4.72 Å². The Morgan fingerprint density at radius 1 is 1.25 bits per heavy atom. The molecule has 1 aromatic carbocycles. The number of nitrogens with one attached hydrogen (secondary N) is 1. The number of hydrogen-bond donors (Lipinski definition) is 1. The van der Waals surface area contributed by atoms with Gasteiger partial charge in [-0.05, 0) is 54.0 Å². The topological polar surface area (TPSA) is 105 Å². The van der Waals surface area contributed by atoms with E-state index in [1.807, 2.05) is 0 Å². The highest BCUT2D eigenvalue weighted by Gasteiger charge is 2.44. The van der Waals surface area contributed by atoms with Gasteiger partial charge in [0.25, 0.3) is 5.69 Å². The van der Waals surface area contributed by atoms with Crippen molar-refractivity contribution in [2.45, 2.75) is 77.2 Å². The van der Waals surface area contributed by atoms with Crippen LogP contribution in [-0.4, -0.2) is 25.8 Å². The second kappa shape index (κ2) is 8.75. The lowest BCUT2D eigenvalue weighted by Crippen LogP contribution is -2.53. The molecule has 0 saturated carbocycles. The molecule has 0 heterocycles. The Morgan fingerprint density at radius 2 is 1.82 bits per heavy atom. The molecule has 0 saturated heterocycles. The summed E-state index contributed by atoms with van der Waals surface area (Å²) < 4.78 is 35.1. The number of carbonyl (C=O) groups excluding carboxylic acids is 1. The summed E-state index contributed by atoms with van der Waals surface area (Å²) in [6.07, 6.45) is -0.174. The third-order valence-corrected chi connectivity index (χ3v) is 5.68. The molecule has 158 valence electrons. The highest BCUT2D eigenvalue weighted by molar-refractivity contribution is 7.90. The van der Waals surface area contributed by atoms with Crippen molar-refractivity contribution in [2.75, 3.05) is 0 Å². The molecule has 0 bridgehead atoms. The van der Waals surface area contributed by atoms with Gasteiger partial charge in [0.1, 0.15) is 21.7 Å². The Balaban J connectivity index is 3.51. The zero-order valence-electron chi connectivity index (χ0n) is 17.4. The van der Waals surface area contributed by atoms with E-state index in [-0.39, 0.29) is 24.1 Å². The van der Waals surface area contributed by atoms with Crippen molar-refractivity contribution in [1.82, 2.24) is 4.72 Å². The molecule has 0 spiro atoms. The number of carbonyl (C=O) groups is 1. The quantitative estimate of drug-likeness (QED) is 0.310. The first-order valence-corrected chi connectivity index (χ1v) is 10.1. The third-order valence-electron chi connectivity index (χ3n) is 3.99. The van der Waals surface area contributed by atoms with E-state index >= 15 is 0 Å². The zero-order chi connectivity index (χ0) is 21.9. The smallest absolute Gasteiger partial charge is 0.308 e. The fraction of sp³-hybridized carbons (Fsp3) is 0.632. The van der Waals surface area contributed by atoms with Crippen molar-refractivity contribution in [3.63, 3.8) is 0 Å². The van der Waals surface area contributed by atoms with E-state index in [1.165, 1.54) is 0 Å². The Bertz CT molecular complexity index is 730. The second-order valence-corrected chi connectivity index (χ2v) is 10.6. The van der Waals surface area contributed by atoms with Crippen molar-refractivity contribution in [2.24, 2.45) is 0 Å². The molecular weight excluding hydrogens is 387 g/mol. The molecule has 28 heavy (non-hydrogen) atoms. The Kier molecular flexibility index (Phi) is 7.60. The van der Waals surface area contributed by atoms with Gasteiger partial charge in [-0.1, -0.05) is 6.92 Å². The van der Waals surface area contributed by atoms with Crippen LogP contribution in [0.25, 0.3) is 0 Å². The summed E-state index contributed by atoms with van der Waals surface area (Å²) in [6, 6.07) is 3.11.